The lowest BCUT2D eigenvalue weighted by Crippen LogP contribution is -2.16. The fraction of sp³-hybridized carbons (Fsp3) is 0.625. The van der Waals surface area contributed by atoms with E-state index < -0.39 is 18.5 Å². The minimum atomic E-state index is -0.712. The van der Waals surface area contributed by atoms with Crippen LogP contribution < -0.4 is 0 Å². The molecule has 0 spiro atoms. The van der Waals surface area contributed by atoms with Crippen molar-refractivity contribution in [3.63, 3.8) is 0 Å². The predicted octanol–water partition coefficient (Wildman–Crippen LogP) is 0.396. The van der Waals surface area contributed by atoms with Gasteiger partial charge in [0, 0.05) is 0 Å². The quantitative estimate of drug-likeness (QED) is 0.579. The Balaban J connectivity index is 3.47. The maximum atomic E-state index is 10.7. The van der Waals surface area contributed by atoms with Crippen molar-refractivity contribution in [2.75, 3.05) is 13.2 Å². The number of nitrogens with zero attached hydrogens (tertiary/aromatic N) is 1. The molecule has 0 bridgehead atoms. The molecule has 5 heteroatoms. The fourth-order valence-corrected chi connectivity index (χ4v) is 0.513. The Morgan fingerprint density at radius 2 is 2.00 bits per heavy atom. The van der Waals surface area contributed by atoms with Crippen molar-refractivity contribution in [2.24, 2.45) is 0 Å². The molecule has 0 aromatic rings. The van der Waals surface area contributed by atoms with Gasteiger partial charge in [-0.3, -0.25) is 4.79 Å². The highest BCUT2D eigenvalue weighted by Gasteiger charge is 2.06. The molecule has 0 saturated carbocycles. The van der Waals surface area contributed by atoms with Crippen molar-refractivity contribution in [3.8, 4) is 6.07 Å². The summed E-state index contributed by atoms with van der Waals surface area (Å²) in [6.07, 6.45) is 0.374. The van der Waals surface area contributed by atoms with Crippen molar-refractivity contribution in [2.45, 2.75) is 19.8 Å². The van der Waals surface area contributed by atoms with Gasteiger partial charge in [0.1, 0.15) is 6.42 Å². The molecular formula is C8H11NO4. The van der Waals surface area contributed by atoms with E-state index in [9.17, 15) is 9.59 Å². The Morgan fingerprint density at radius 1 is 1.31 bits per heavy atom. The second kappa shape index (κ2) is 7.10. The first-order chi connectivity index (χ1) is 6.20. The standard InChI is InChI=1S/C8H11NO4/c1-2-5-12-8(11)6-13-7(10)3-4-9/h2-3,5-6H2,1H3. The predicted molar refractivity (Wildman–Crippen MR) is 42.4 cm³/mol. The highest BCUT2D eigenvalue weighted by molar-refractivity contribution is 5.77. The molecule has 0 saturated heterocycles. The Bertz CT molecular complexity index is 219. The fourth-order valence-electron chi connectivity index (χ4n) is 0.513. The van der Waals surface area contributed by atoms with Crippen LogP contribution in [0.4, 0.5) is 0 Å². The van der Waals surface area contributed by atoms with Crippen LogP contribution in [-0.2, 0) is 19.1 Å². The van der Waals surface area contributed by atoms with E-state index in [0.29, 0.717) is 6.61 Å². The maximum absolute atomic E-state index is 10.7. The largest absolute Gasteiger partial charge is 0.463 e. The first-order valence-corrected chi connectivity index (χ1v) is 3.89. The van der Waals surface area contributed by atoms with Gasteiger partial charge in [-0.2, -0.15) is 5.26 Å². The van der Waals surface area contributed by atoms with Gasteiger partial charge < -0.3 is 9.47 Å². The molecule has 0 amide bonds. The molecule has 0 unspecified atom stereocenters. The number of hydrogen-bond acceptors (Lipinski definition) is 5. The normalized spacial score (nSPS) is 8.62. The molecule has 0 aliphatic heterocycles. The van der Waals surface area contributed by atoms with Gasteiger partial charge in [0.05, 0.1) is 12.7 Å². The van der Waals surface area contributed by atoms with Gasteiger partial charge in [-0.25, -0.2) is 4.79 Å². The molecule has 13 heavy (non-hydrogen) atoms. The summed E-state index contributed by atoms with van der Waals surface area (Å²) in [5.74, 6) is -1.30. The average molecular weight is 185 g/mol. The molecule has 72 valence electrons. The van der Waals surface area contributed by atoms with Crippen LogP contribution in [0.3, 0.4) is 0 Å². The smallest absolute Gasteiger partial charge is 0.344 e. The summed E-state index contributed by atoms with van der Waals surface area (Å²) in [4.78, 5) is 21.3. The molecule has 0 aromatic carbocycles. The molecule has 0 aromatic heterocycles. The summed E-state index contributed by atoms with van der Waals surface area (Å²) in [6, 6.07) is 1.61. The van der Waals surface area contributed by atoms with Gasteiger partial charge in [-0.1, -0.05) is 6.92 Å². The number of hydrogen-bond donors (Lipinski definition) is 0. The zero-order valence-corrected chi connectivity index (χ0v) is 7.41. The summed E-state index contributed by atoms with van der Waals surface area (Å²) in [6.45, 7) is 1.75. The number of nitriles is 1. The van der Waals surface area contributed by atoms with Crippen molar-refractivity contribution >= 4 is 11.9 Å². The SMILES string of the molecule is CCCOC(=O)COC(=O)CC#N. The molecule has 0 aliphatic carbocycles. The Labute approximate surface area is 76.2 Å². The molecule has 0 aliphatic rings. The molecular weight excluding hydrogens is 174 g/mol. The number of ether oxygens (including phenoxy) is 2. The van der Waals surface area contributed by atoms with Gasteiger partial charge in [0.15, 0.2) is 6.61 Å². The van der Waals surface area contributed by atoms with Crippen LogP contribution in [0.1, 0.15) is 19.8 Å². The maximum Gasteiger partial charge on any atom is 0.344 e. The van der Waals surface area contributed by atoms with E-state index in [0.717, 1.165) is 6.42 Å². The highest BCUT2D eigenvalue weighted by atomic mass is 16.6. The monoisotopic (exact) mass is 185 g/mol. The van der Waals surface area contributed by atoms with Crippen LogP contribution in [0.15, 0.2) is 0 Å². The van der Waals surface area contributed by atoms with E-state index in [1.807, 2.05) is 6.92 Å². The first kappa shape index (κ1) is 11.4. The van der Waals surface area contributed by atoms with E-state index in [1.165, 1.54) is 0 Å². The summed E-state index contributed by atoms with van der Waals surface area (Å²) < 4.78 is 9.03. The van der Waals surface area contributed by atoms with E-state index in [2.05, 4.69) is 9.47 Å². The summed E-state index contributed by atoms with van der Waals surface area (Å²) in [5.41, 5.74) is 0. The zero-order valence-electron chi connectivity index (χ0n) is 7.41. The lowest BCUT2D eigenvalue weighted by molar-refractivity contribution is -0.158. The second-order valence-corrected chi connectivity index (χ2v) is 2.22. The number of carbonyl (C=O) groups excluding carboxylic acids is 2. The lowest BCUT2D eigenvalue weighted by Gasteiger charge is -2.02. The molecule has 0 N–H and O–H groups in total. The van der Waals surface area contributed by atoms with Crippen molar-refractivity contribution < 1.29 is 19.1 Å². The van der Waals surface area contributed by atoms with E-state index in [4.69, 9.17) is 5.26 Å². The third-order valence-electron chi connectivity index (χ3n) is 1.04. The Morgan fingerprint density at radius 3 is 2.54 bits per heavy atom. The molecule has 0 fully saturated rings. The van der Waals surface area contributed by atoms with Crippen LogP contribution in [0.5, 0.6) is 0 Å². The third-order valence-corrected chi connectivity index (χ3v) is 1.04. The number of rotatable bonds is 5. The van der Waals surface area contributed by atoms with Gasteiger partial charge in [-0.05, 0) is 6.42 Å². The van der Waals surface area contributed by atoms with E-state index in [-0.39, 0.29) is 6.42 Å². The minimum Gasteiger partial charge on any atom is -0.463 e. The van der Waals surface area contributed by atoms with Crippen molar-refractivity contribution in [3.05, 3.63) is 0 Å². The lowest BCUT2D eigenvalue weighted by atomic mass is 10.5. The summed E-state index contributed by atoms with van der Waals surface area (Å²) in [7, 11) is 0. The van der Waals surface area contributed by atoms with Gasteiger partial charge >= 0.3 is 11.9 Å². The summed E-state index contributed by atoms with van der Waals surface area (Å²) >= 11 is 0. The zero-order chi connectivity index (χ0) is 10.1. The van der Waals surface area contributed by atoms with Crippen LogP contribution >= 0.6 is 0 Å². The Hall–Kier alpha value is -1.57. The molecule has 0 atom stereocenters. The Kier molecular flexibility index (Phi) is 6.24. The van der Waals surface area contributed by atoms with E-state index >= 15 is 0 Å². The molecule has 5 nitrogen and oxygen atoms in total. The number of carbonyl (C=O) groups is 2. The summed E-state index contributed by atoms with van der Waals surface area (Å²) in [5, 5.41) is 8.08. The topological polar surface area (TPSA) is 76.4 Å². The van der Waals surface area contributed by atoms with Crippen LogP contribution in [0.2, 0.25) is 0 Å². The van der Waals surface area contributed by atoms with Gasteiger partial charge in [0.2, 0.25) is 0 Å². The molecule has 0 rings (SSSR count). The van der Waals surface area contributed by atoms with Gasteiger partial charge in [-0.15, -0.1) is 0 Å². The second-order valence-electron chi connectivity index (χ2n) is 2.22. The van der Waals surface area contributed by atoms with E-state index in [1.54, 1.807) is 6.07 Å². The third kappa shape index (κ3) is 6.81. The van der Waals surface area contributed by atoms with Crippen LogP contribution in [0, 0.1) is 11.3 Å². The van der Waals surface area contributed by atoms with Crippen LogP contribution in [-0.4, -0.2) is 25.2 Å². The van der Waals surface area contributed by atoms with Crippen LogP contribution in [0.25, 0.3) is 0 Å². The first-order valence-electron chi connectivity index (χ1n) is 3.89. The average Bonchev–Trinajstić information content (AvgIpc) is 2.12. The molecule has 0 radical (unpaired) electrons. The van der Waals surface area contributed by atoms with Gasteiger partial charge in [0.25, 0.3) is 0 Å². The van der Waals surface area contributed by atoms with Crippen molar-refractivity contribution in [1.29, 1.82) is 5.26 Å². The highest BCUT2D eigenvalue weighted by Crippen LogP contribution is 1.87. The van der Waals surface area contributed by atoms with Crippen molar-refractivity contribution in [1.82, 2.24) is 0 Å². The number of esters is 2. The minimum absolute atomic E-state index is 0.314. The molecule has 0 heterocycles.